The van der Waals surface area contributed by atoms with E-state index >= 15 is 0 Å². The number of methoxy groups -OCH3 is 1. The van der Waals surface area contributed by atoms with E-state index in [1.807, 2.05) is 0 Å². The van der Waals surface area contributed by atoms with Crippen LogP contribution >= 0.6 is 0 Å². The molecule has 0 aliphatic rings. The van der Waals surface area contributed by atoms with E-state index in [4.69, 9.17) is 4.74 Å². The molecule has 0 saturated carbocycles. The van der Waals surface area contributed by atoms with Crippen LogP contribution in [0.2, 0.25) is 0 Å². The number of aryl methyl sites for hydroxylation is 1. The van der Waals surface area contributed by atoms with Gasteiger partial charge in [-0.05, 0) is 25.1 Å². The van der Waals surface area contributed by atoms with Crippen molar-refractivity contribution in [1.29, 1.82) is 0 Å². The van der Waals surface area contributed by atoms with Crippen LogP contribution in [-0.4, -0.2) is 37.1 Å². The zero-order chi connectivity index (χ0) is 17.7. The number of aromatic nitrogens is 1. The van der Waals surface area contributed by atoms with E-state index < -0.39 is 5.97 Å². The Balaban J connectivity index is 2.43. The molecule has 128 valence electrons. The predicted octanol–water partition coefficient (Wildman–Crippen LogP) is 1.95. The number of halogens is 1. The van der Waals surface area contributed by atoms with Gasteiger partial charge in [0.05, 0.1) is 19.0 Å². The van der Waals surface area contributed by atoms with Gasteiger partial charge in [0.1, 0.15) is 5.82 Å². The molecular weight excluding hydrogens is 313 g/mol. The van der Waals surface area contributed by atoms with E-state index in [-0.39, 0.29) is 18.1 Å². The first-order chi connectivity index (χ1) is 11.4. The summed E-state index contributed by atoms with van der Waals surface area (Å²) in [5, 5.41) is 6.44. The maximum Gasteiger partial charge on any atom is 0.310 e. The predicted molar refractivity (Wildman–Crippen MR) is 89.3 cm³/mol. The molecule has 0 atom stereocenters. The summed E-state index contributed by atoms with van der Waals surface area (Å²) < 4.78 is 18.4. The van der Waals surface area contributed by atoms with Crippen LogP contribution in [0.15, 0.2) is 18.2 Å². The summed E-state index contributed by atoms with van der Waals surface area (Å²) in [6, 6.07) is 4.32. The highest BCUT2D eigenvalue weighted by atomic mass is 19.1. The Morgan fingerprint density at radius 3 is 2.71 bits per heavy atom. The van der Waals surface area contributed by atoms with Gasteiger partial charge in [0.25, 0.3) is 0 Å². The van der Waals surface area contributed by atoms with Crippen molar-refractivity contribution < 1.29 is 18.7 Å². The second-order valence-electron chi connectivity index (χ2n) is 5.37. The highest BCUT2D eigenvalue weighted by Crippen LogP contribution is 2.29. The number of nitrogens with zero attached hydrogens (tertiary/aromatic N) is 1. The number of amides is 1. The van der Waals surface area contributed by atoms with Crippen LogP contribution in [0.4, 0.5) is 10.1 Å². The summed E-state index contributed by atoms with van der Waals surface area (Å²) in [7, 11) is 1.32. The lowest BCUT2D eigenvalue weighted by molar-refractivity contribution is -0.139. The van der Waals surface area contributed by atoms with Crippen LogP contribution in [0.5, 0.6) is 0 Å². The highest BCUT2D eigenvalue weighted by molar-refractivity contribution is 5.95. The second kappa shape index (κ2) is 7.72. The Morgan fingerprint density at radius 2 is 2.04 bits per heavy atom. The molecule has 0 unspecified atom stereocenters. The number of ether oxygens (including phenoxy) is 1. The molecular formula is C17H20FN3O3. The summed E-state index contributed by atoms with van der Waals surface area (Å²) in [4.78, 5) is 27.1. The fourth-order valence-corrected chi connectivity index (χ4v) is 2.46. The van der Waals surface area contributed by atoms with E-state index in [0.29, 0.717) is 40.9 Å². The van der Waals surface area contributed by atoms with E-state index in [1.165, 1.54) is 26.2 Å². The lowest BCUT2D eigenvalue weighted by atomic mass is 10.0. The van der Waals surface area contributed by atoms with Crippen LogP contribution in [0.1, 0.15) is 18.2 Å². The monoisotopic (exact) mass is 333 g/mol. The lowest BCUT2D eigenvalue weighted by Crippen LogP contribution is -2.26. The molecule has 0 spiro atoms. The van der Waals surface area contributed by atoms with Gasteiger partial charge in [0, 0.05) is 42.3 Å². The number of rotatable bonds is 6. The van der Waals surface area contributed by atoms with Crippen LogP contribution in [0, 0.1) is 12.7 Å². The third kappa shape index (κ3) is 4.18. The van der Waals surface area contributed by atoms with Crippen LogP contribution in [0.25, 0.3) is 10.9 Å². The molecule has 1 aromatic heterocycles. The van der Waals surface area contributed by atoms with Crippen molar-refractivity contribution in [3.63, 3.8) is 0 Å². The van der Waals surface area contributed by atoms with Gasteiger partial charge in [-0.2, -0.15) is 0 Å². The summed E-state index contributed by atoms with van der Waals surface area (Å²) >= 11 is 0. The fraction of sp³-hybridized carbons (Fsp3) is 0.353. The zero-order valence-electron chi connectivity index (χ0n) is 13.9. The fourth-order valence-electron chi connectivity index (χ4n) is 2.46. The Hall–Kier alpha value is -2.70. The number of fused-ring (bicyclic) bond motifs is 1. The third-order valence-electron chi connectivity index (χ3n) is 3.60. The van der Waals surface area contributed by atoms with Crippen LogP contribution in [0.3, 0.4) is 0 Å². The van der Waals surface area contributed by atoms with Gasteiger partial charge in [-0.15, -0.1) is 0 Å². The van der Waals surface area contributed by atoms with Crippen molar-refractivity contribution in [1.82, 2.24) is 10.3 Å². The van der Waals surface area contributed by atoms with Crippen molar-refractivity contribution >= 4 is 28.5 Å². The molecule has 0 aliphatic carbocycles. The Labute approximate surface area is 139 Å². The Morgan fingerprint density at radius 1 is 1.29 bits per heavy atom. The minimum Gasteiger partial charge on any atom is -0.469 e. The number of nitrogens with one attached hydrogen (secondary N) is 2. The zero-order valence-corrected chi connectivity index (χ0v) is 13.9. The number of anilines is 1. The van der Waals surface area contributed by atoms with Gasteiger partial charge >= 0.3 is 5.97 Å². The third-order valence-corrected chi connectivity index (χ3v) is 3.60. The van der Waals surface area contributed by atoms with Gasteiger partial charge in [-0.1, -0.05) is 0 Å². The van der Waals surface area contributed by atoms with Crippen molar-refractivity contribution in [2.45, 2.75) is 20.3 Å². The van der Waals surface area contributed by atoms with E-state index in [2.05, 4.69) is 15.6 Å². The minimum atomic E-state index is -0.402. The lowest BCUT2D eigenvalue weighted by Gasteiger charge is -2.17. The van der Waals surface area contributed by atoms with Crippen molar-refractivity contribution in [3.05, 3.63) is 35.3 Å². The van der Waals surface area contributed by atoms with E-state index in [1.54, 1.807) is 13.0 Å². The number of hydrogen-bond acceptors (Lipinski definition) is 5. The first-order valence-corrected chi connectivity index (χ1v) is 7.56. The molecule has 1 amide bonds. The molecule has 7 heteroatoms. The van der Waals surface area contributed by atoms with Crippen molar-refractivity contribution in [3.8, 4) is 0 Å². The molecule has 24 heavy (non-hydrogen) atoms. The van der Waals surface area contributed by atoms with Crippen molar-refractivity contribution in [2.24, 2.45) is 0 Å². The van der Waals surface area contributed by atoms with Gasteiger partial charge in [-0.25, -0.2) is 4.39 Å². The molecule has 2 aromatic rings. The summed E-state index contributed by atoms with van der Waals surface area (Å²) in [5.41, 5.74) is 2.58. The standard InChI is InChI=1S/C17H20FN3O3/c1-10-13(9-16(23)24-3)17(20-7-6-19-11(2)22)14-8-12(18)4-5-15(14)21-10/h4-5,8H,6-7,9H2,1-3H3,(H,19,22)(H,20,21). The number of carbonyl (C=O) groups excluding carboxylic acids is 2. The SMILES string of the molecule is COC(=O)Cc1c(C)nc2ccc(F)cc2c1NCCNC(C)=O. The number of esters is 1. The molecule has 0 aliphatic heterocycles. The molecule has 0 saturated heterocycles. The summed E-state index contributed by atoms with van der Waals surface area (Å²) in [6.45, 7) is 4.07. The Bertz CT molecular complexity index is 777. The van der Waals surface area contributed by atoms with Gasteiger partial charge < -0.3 is 15.4 Å². The number of carbonyl (C=O) groups is 2. The second-order valence-corrected chi connectivity index (χ2v) is 5.37. The van der Waals surface area contributed by atoms with Crippen LogP contribution < -0.4 is 10.6 Å². The first-order valence-electron chi connectivity index (χ1n) is 7.56. The van der Waals surface area contributed by atoms with Gasteiger partial charge in [0.15, 0.2) is 0 Å². The highest BCUT2D eigenvalue weighted by Gasteiger charge is 2.16. The average Bonchev–Trinajstić information content (AvgIpc) is 2.53. The molecule has 0 bridgehead atoms. The maximum absolute atomic E-state index is 13.7. The molecule has 0 fully saturated rings. The molecule has 2 rings (SSSR count). The number of pyridine rings is 1. The van der Waals surface area contributed by atoms with Crippen LogP contribution in [-0.2, 0) is 20.7 Å². The first kappa shape index (κ1) is 17.7. The average molecular weight is 333 g/mol. The molecule has 2 N–H and O–H groups in total. The Kier molecular flexibility index (Phi) is 5.68. The van der Waals surface area contributed by atoms with E-state index in [9.17, 15) is 14.0 Å². The molecule has 0 radical (unpaired) electrons. The molecule has 6 nitrogen and oxygen atoms in total. The smallest absolute Gasteiger partial charge is 0.310 e. The summed E-state index contributed by atoms with van der Waals surface area (Å²) in [6.07, 6.45) is 0.0320. The summed E-state index contributed by atoms with van der Waals surface area (Å²) in [5.74, 6) is -0.920. The largest absolute Gasteiger partial charge is 0.469 e. The molecule has 1 heterocycles. The number of benzene rings is 1. The molecule has 1 aromatic carbocycles. The van der Waals surface area contributed by atoms with E-state index in [0.717, 1.165) is 0 Å². The van der Waals surface area contributed by atoms with Gasteiger partial charge in [-0.3, -0.25) is 14.6 Å². The maximum atomic E-state index is 13.7. The van der Waals surface area contributed by atoms with Crippen molar-refractivity contribution in [2.75, 3.05) is 25.5 Å². The van der Waals surface area contributed by atoms with Gasteiger partial charge in [0.2, 0.25) is 5.91 Å². The quantitative estimate of drug-likeness (QED) is 0.624. The topological polar surface area (TPSA) is 80.3 Å². The minimum absolute atomic E-state index is 0.0320. The normalized spacial score (nSPS) is 10.5. The number of hydrogen-bond donors (Lipinski definition) is 2.